The van der Waals surface area contributed by atoms with Crippen LogP contribution in [0.5, 0.6) is 0 Å². The van der Waals surface area contributed by atoms with Crippen molar-refractivity contribution in [1.29, 1.82) is 0 Å². The number of rotatable bonds is 2. The zero-order valence-electron chi connectivity index (χ0n) is 15.0. The van der Waals surface area contributed by atoms with Gasteiger partial charge in [0.05, 0.1) is 4.70 Å². The van der Waals surface area contributed by atoms with Crippen molar-refractivity contribution >= 4 is 33.4 Å². The summed E-state index contributed by atoms with van der Waals surface area (Å²) >= 11 is 1.37. The third-order valence-electron chi connectivity index (χ3n) is 5.39. The van der Waals surface area contributed by atoms with E-state index >= 15 is 0 Å². The Kier molecular flexibility index (Phi) is 4.91. The van der Waals surface area contributed by atoms with Crippen LogP contribution in [0.4, 0.5) is 0 Å². The van der Waals surface area contributed by atoms with Crippen molar-refractivity contribution in [3.63, 3.8) is 0 Å². The van der Waals surface area contributed by atoms with Crippen LogP contribution in [0.2, 0.25) is 0 Å². The van der Waals surface area contributed by atoms with Gasteiger partial charge in [-0.1, -0.05) is 11.6 Å². The molecule has 0 atom stereocenters. The summed E-state index contributed by atoms with van der Waals surface area (Å²) in [5.41, 5.74) is 1.69. The molecule has 3 heterocycles. The maximum atomic E-state index is 12.9. The summed E-state index contributed by atoms with van der Waals surface area (Å²) in [6.45, 7) is 6.62. The van der Waals surface area contributed by atoms with E-state index in [1.54, 1.807) is 0 Å². The third kappa shape index (κ3) is 3.33. The molecule has 0 spiro atoms. The Morgan fingerprint density at radius 3 is 2.58 bits per heavy atom. The van der Waals surface area contributed by atoms with Gasteiger partial charge in [0, 0.05) is 50.6 Å². The van der Waals surface area contributed by atoms with Gasteiger partial charge in [0.15, 0.2) is 0 Å². The van der Waals surface area contributed by atoms with E-state index in [1.165, 1.54) is 11.5 Å². The maximum Gasteiger partial charge on any atom is 0.274 e. The molecule has 1 aromatic carbocycles. The molecule has 0 saturated carbocycles. The molecule has 1 N–H and O–H groups in total. The SMILES string of the molecule is Cc1ccc2snc(C(=O)N3CCC(C(=O)N4CCNCC4)CC3)c2c1. The summed E-state index contributed by atoms with van der Waals surface area (Å²) in [7, 11) is 0. The van der Waals surface area contributed by atoms with E-state index in [-0.39, 0.29) is 17.7 Å². The molecule has 0 radical (unpaired) electrons. The summed E-state index contributed by atoms with van der Waals surface area (Å²) in [4.78, 5) is 29.4. The number of carbonyl (C=O) groups is 2. The van der Waals surface area contributed by atoms with Crippen LogP contribution in [0.1, 0.15) is 28.9 Å². The Balaban J connectivity index is 1.41. The predicted molar refractivity (Wildman–Crippen MR) is 102 cm³/mol. The first-order valence-corrected chi connectivity index (χ1v) is 10.1. The lowest BCUT2D eigenvalue weighted by atomic mass is 9.94. The number of likely N-dealkylation sites (tertiary alicyclic amines) is 1. The Labute approximate surface area is 157 Å². The third-order valence-corrected chi connectivity index (χ3v) is 6.21. The Bertz CT molecular complexity index is 820. The smallest absolute Gasteiger partial charge is 0.274 e. The van der Waals surface area contributed by atoms with Crippen LogP contribution in [0.15, 0.2) is 18.2 Å². The molecule has 2 aliphatic heterocycles. The van der Waals surface area contributed by atoms with E-state index < -0.39 is 0 Å². The fraction of sp³-hybridized carbons (Fsp3) is 0.526. The van der Waals surface area contributed by atoms with Crippen LogP contribution < -0.4 is 5.32 Å². The number of fused-ring (bicyclic) bond motifs is 1. The van der Waals surface area contributed by atoms with Gasteiger partial charge in [-0.25, -0.2) is 0 Å². The molecule has 2 aromatic rings. The lowest BCUT2D eigenvalue weighted by Crippen LogP contribution is -2.50. The molecule has 0 unspecified atom stereocenters. The normalized spacial score (nSPS) is 19.1. The number of aryl methyl sites for hydroxylation is 1. The van der Waals surface area contributed by atoms with Gasteiger partial charge >= 0.3 is 0 Å². The minimum atomic E-state index is -0.00470. The largest absolute Gasteiger partial charge is 0.340 e. The second-order valence-electron chi connectivity index (χ2n) is 7.17. The molecule has 2 amide bonds. The fourth-order valence-electron chi connectivity index (χ4n) is 3.83. The molecule has 4 rings (SSSR count). The van der Waals surface area contributed by atoms with Gasteiger partial charge in [0.2, 0.25) is 5.91 Å². The molecule has 0 aliphatic carbocycles. The lowest BCUT2D eigenvalue weighted by Gasteiger charge is -2.35. The zero-order chi connectivity index (χ0) is 18.1. The van der Waals surface area contributed by atoms with E-state index in [1.807, 2.05) is 34.9 Å². The molecule has 1 aromatic heterocycles. The number of aromatic nitrogens is 1. The fourth-order valence-corrected chi connectivity index (χ4v) is 4.58. The van der Waals surface area contributed by atoms with Crippen molar-refractivity contribution in [1.82, 2.24) is 19.5 Å². The van der Waals surface area contributed by atoms with Gasteiger partial charge in [-0.05, 0) is 43.4 Å². The number of nitrogens with zero attached hydrogens (tertiary/aromatic N) is 3. The highest BCUT2D eigenvalue weighted by atomic mass is 32.1. The summed E-state index contributed by atoms with van der Waals surface area (Å²) in [6, 6.07) is 6.10. The summed E-state index contributed by atoms with van der Waals surface area (Å²) in [5, 5.41) is 4.22. The number of piperidine rings is 1. The molecule has 2 aliphatic rings. The topological polar surface area (TPSA) is 65.5 Å². The average molecular weight is 372 g/mol. The maximum absolute atomic E-state index is 12.9. The first-order valence-electron chi connectivity index (χ1n) is 9.28. The van der Waals surface area contributed by atoms with Crippen molar-refractivity contribution in [3.05, 3.63) is 29.5 Å². The Hall–Kier alpha value is -1.99. The summed E-state index contributed by atoms with van der Waals surface area (Å²) in [5.74, 6) is 0.301. The van der Waals surface area contributed by atoms with E-state index in [2.05, 4.69) is 9.69 Å². The van der Waals surface area contributed by atoms with Crippen LogP contribution in [-0.4, -0.2) is 65.3 Å². The average Bonchev–Trinajstić information content (AvgIpc) is 3.10. The van der Waals surface area contributed by atoms with E-state index in [0.717, 1.165) is 54.7 Å². The highest BCUT2D eigenvalue weighted by Gasteiger charge is 2.32. The molecular formula is C19H24N4O2S. The van der Waals surface area contributed by atoms with Crippen LogP contribution >= 0.6 is 11.5 Å². The number of nitrogens with one attached hydrogen (secondary N) is 1. The van der Waals surface area contributed by atoms with Crippen LogP contribution in [-0.2, 0) is 4.79 Å². The van der Waals surface area contributed by atoms with Gasteiger partial charge in [0.1, 0.15) is 5.69 Å². The second kappa shape index (κ2) is 7.32. The van der Waals surface area contributed by atoms with Gasteiger partial charge in [-0.15, -0.1) is 0 Å². The van der Waals surface area contributed by atoms with Crippen LogP contribution in [0.25, 0.3) is 10.1 Å². The standard InChI is InChI=1S/C19H24N4O2S/c1-13-2-3-16-15(12-13)17(21-26-16)19(25)22-8-4-14(5-9-22)18(24)23-10-6-20-7-11-23/h2-3,12,14,20H,4-11H2,1H3. The summed E-state index contributed by atoms with van der Waals surface area (Å²) in [6.07, 6.45) is 1.49. The van der Waals surface area contributed by atoms with Gasteiger partial charge in [-0.2, -0.15) is 4.37 Å². The number of piperazine rings is 1. The van der Waals surface area contributed by atoms with Gasteiger partial charge in [0.25, 0.3) is 5.91 Å². The van der Waals surface area contributed by atoms with E-state index in [4.69, 9.17) is 0 Å². The second-order valence-corrected chi connectivity index (χ2v) is 7.98. The minimum Gasteiger partial charge on any atom is -0.340 e. The van der Waals surface area contributed by atoms with Gasteiger partial charge in [-0.3, -0.25) is 9.59 Å². The van der Waals surface area contributed by atoms with Crippen molar-refractivity contribution in [3.8, 4) is 0 Å². The van der Waals surface area contributed by atoms with Gasteiger partial charge < -0.3 is 15.1 Å². The molecule has 0 bridgehead atoms. The predicted octanol–water partition coefficient (Wildman–Crippen LogP) is 1.89. The quantitative estimate of drug-likeness (QED) is 0.874. The first-order chi connectivity index (χ1) is 12.6. The molecule has 2 fully saturated rings. The van der Waals surface area contributed by atoms with Crippen LogP contribution in [0, 0.1) is 12.8 Å². The molecule has 138 valence electrons. The molecular weight excluding hydrogens is 348 g/mol. The highest BCUT2D eigenvalue weighted by molar-refractivity contribution is 7.13. The first kappa shape index (κ1) is 17.4. The van der Waals surface area contributed by atoms with Crippen LogP contribution in [0.3, 0.4) is 0 Å². The van der Waals surface area contributed by atoms with Crippen molar-refractivity contribution in [2.75, 3.05) is 39.3 Å². The molecule has 6 nitrogen and oxygen atoms in total. The summed E-state index contributed by atoms with van der Waals surface area (Å²) < 4.78 is 5.45. The number of amides is 2. The zero-order valence-corrected chi connectivity index (χ0v) is 15.8. The van der Waals surface area contributed by atoms with E-state index in [0.29, 0.717) is 18.8 Å². The molecule has 2 saturated heterocycles. The lowest BCUT2D eigenvalue weighted by molar-refractivity contribution is -0.137. The number of hydrogen-bond acceptors (Lipinski definition) is 5. The van der Waals surface area contributed by atoms with E-state index in [9.17, 15) is 9.59 Å². The highest BCUT2D eigenvalue weighted by Crippen LogP contribution is 2.27. The van der Waals surface area contributed by atoms with Crippen molar-refractivity contribution in [2.45, 2.75) is 19.8 Å². The monoisotopic (exact) mass is 372 g/mol. The van der Waals surface area contributed by atoms with Crippen molar-refractivity contribution in [2.24, 2.45) is 5.92 Å². The Morgan fingerprint density at radius 1 is 1.12 bits per heavy atom. The number of carbonyl (C=O) groups excluding carboxylic acids is 2. The number of benzene rings is 1. The molecule has 26 heavy (non-hydrogen) atoms. The Morgan fingerprint density at radius 2 is 1.85 bits per heavy atom. The van der Waals surface area contributed by atoms with Crippen molar-refractivity contribution < 1.29 is 9.59 Å². The minimum absolute atomic E-state index is 0.00470. The number of hydrogen-bond donors (Lipinski definition) is 1. The molecule has 7 heteroatoms.